The predicted octanol–water partition coefficient (Wildman–Crippen LogP) is 2.70. The summed E-state index contributed by atoms with van der Waals surface area (Å²) in [5, 5.41) is 0. The Morgan fingerprint density at radius 1 is 0.920 bits per heavy atom. The molecule has 0 bridgehead atoms. The third-order valence-electron chi connectivity index (χ3n) is 3.64. The first-order valence-corrected chi connectivity index (χ1v) is 7.77. The van der Waals surface area contributed by atoms with Crippen LogP contribution in [-0.2, 0) is 23.8 Å². The van der Waals surface area contributed by atoms with E-state index < -0.39 is 23.3 Å². The van der Waals surface area contributed by atoms with Gasteiger partial charge in [-0.15, -0.1) is 0 Å². The second-order valence-electron chi connectivity index (χ2n) is 5.42. The lowest BCUT2D eigenvalue weighted by Gasteiger charge is -2.30. The van der Waals surface area contributed by atoms with Gasteiger partial charge in [-0.1, -0.05) is 38.3 Å². The molecule has 0 aliphatic heterocycles. The average Bonchev–Trinajstić information content (AvgIpc) is 2.67. The van der Waals surface area contributed by atoms with Crippen LogP contribution in [0.5, 0.6) is 0 Å². The molecule has 6 heteroatoms. The number of carbonyl (C=O) groups excluding carboxylic acids is 3. The lowest BCUT2D eigenvalue weighted by molar-refractivity contribution is -0.150. The maximum absolute atomic E-state index is 12.1. The van der Waals surface area contributed by atoms with E-state index in [-0.39, 0.29) is 19.8 Å². The van der Waals surface area contributed by atoms with Crippen molar-refractivity contribution in [2.24, 2.45) is 5.41 Å². The lowest BCUT2D eigenvalue weighted by atomic mass is 9.88. The molecule has 0 fully saturated rings. The lowest BCUT2D eigenvalue weighted by Crippen LogP contribution is -2.38. The van der Waals surface area contributed by atoms with Crippen molar-refractivity contribution in [1.82, 2.24) is 0 Å². The third kappa shape index (κ3) is 6.63. The highest BCUT2D eigenvalue weighted by Gasteiger charge is 2.34. The molecule has 0 saturated heterocycles. The summed E-state index contributed by atoms with van der Waals surface area (Å²) in [5.41, 5.74) is -0.458. The van der Waals surface area contributed by atoms with Crippen LogP contribution in [-0.4, -0.2) is 37.7 Å². The first-order chi connectivity index (χ1) is 12.0. The van der Waals surface area contributed by atoms with E-state index in [0.29, 0.717) is 12.0 Å². The summed E-state index contributed by atoms with van der Waals surface area (Å²) in [4.78, 5) is 34.8. The smallest absolute Gasteiger partial charge is 0.338 e. The number of hydrogen-bond acceptors (Lipinski definition) is 6. The second kappa shape index (κ2) is 10.1. The monoisotopic (exact) mass is 346 g/mol. The van der Waals surface area contributed by atoms with Crippen molar-refractivity contribution in [2.45, 2.75) is 13.3 Å². The van der Waals surface area contributed by atoms with E-state index in [1.54, 1.807) is 30.3 Å². The van der Waals surface area contributed by atoms with Gasteiger partial charge in [-0.05, 0) is 18.6 Å². The maximum atomic E-state index is 12.1. The molecule has 0 aliphatic carbocycles. The van der Waals surface area contributed by atoms with Crippen molar-refractivity contribution in [3.05, 3.63) is 61.2 Å². The van der Waals surface area contributed by atoms with E-state index >= 15 is 0 Å². The molecule has 0 N–H and O–H groups in total. The molecule has 134 valence electrons. The van der Waals surface area contributed by atoms with E-state index in [1.165, 1.54) is 0 Å². The van der Waals surface area contributed by atoms with Crippen LogP contribution in [0.25, 0.3) is 0 Å². The van der Waals surface area contributed by atoms with E-state index in [2.05, 4.69) is 13.2 Å². The van der Waals surface area contributed by atoms with Gasteiger partial charge >= 0.3 is 17.9 Å². The van der Waals surface area contributed by atoms with Crippen LogP contribution in [0, 0.1) is 5.41 Å². The number of benzene rings is 1. The molecule has 0 saturated carbocycles. The highest BCUT2D eigenvalue weighted by atomic mass is 16.6. The van der Waals surface area contributed by atoms with Gasteiger partial charge in [0.05, 0.1) is 11.0 Å². The summed E-state index contributed by atoms with van der Waals surface area (Å²) in [5.74, 6) is -1.73. The predicted molar refractivity (Wildman–Crippen MR) is 91.8 cm³/mol. The van der Waals surface area contributed by atoms with Crippen molar-refractivity contribution in [1.29, 1.82) is 0 Å². The minimum absolute atomic E-state index is 0.0773. The fraction of sp³-hybridized carbons (Fsp3) is 0.316. The number of hydrogen-bond donors (Lipinski definition) is 0. The van der Waals surface area contributed by atoms with Crippen LogP contribution < -0.4 is 0 Å². The Balaban J connectivity index is 2.81. The van der Waals surface area contributed by atoms with Gasteiger partial charge in [0, 0.05) is 12.2 Å². The van der Waals surface area contributed by atoms with Crippen LogP contribution in [0.4, 0.5) is 0 Å². The standard InChI is InChI=1S/C19H22O6/c1-4-16(20)23-12-19(6-3,13-24-17(21)5-2)14-25-18(22)15-10-8-7-9-11-15/h4-5,7-11H,1-2,6,12-14H2,3H3. The van der Waals surface area contributed by atoms with Crippen molar-refractivity contribution in [3.8, 4) is 0 Å². The second-order valence-corrected chi connectivity index (χ2v) is 5.42. The number of ether oxygens (including phenoxy) is 3. The molecular weight excluding hydrogens is 324 g/mol. The number of esters is 3. The maximum Gasteiger partial charge on any atom is 0.338 e. The van der Waals surface area contributed by atoms with Gasteiger partial charge in [-0.3, -0.25) is 0 Å². The molecule has 0 amide bonds. The zero-order chi connectivity index (χ0) is 18.7. The highest BCUT2D eigenvalue weighted by molar-refractivity contribution is 5.89. The molecule has 1 rings (SSSR count). The van der Waals surface area contributed by atoms with Crippen molar-refractivity contribution >= 4 is 17.9 Å². The highest BCUT2D eigenvalue weighted by Crippen LogP contribution is 2.25. The number of rotatable bonds is 10. The van der Waals surface area contributed by atoms with Crippen molar-refractivity contribution < 1.29 is 28.6 Å². The zero-order valence-corrected chi connectivity index (χ0v) is 14.2. The molecular formula is C19H22O6. The van der Waals surface area contributed by atoms with Crippen LogP contribution in [0.2, 0.25) is 0 Å². The van der Waals surface area contributed by atoms with E-state index in [4.69, 9.17) is 14.2 Å². The summed E-state index contributed by atoms with van der Waals surface area (Å²) in [6.07, 6.45) is 2.52. The quantitative estimate of drug-likeness (QED) is 0.368. The summed E-state index contributed by atoms with van der Waals surface area (Å²) in [6, 6.07) is 8.50. The summed E-state index contributed by atoms with van der Waals surface area (Å²) in [7, 11) is 0. The number of carbonyl (C=O) groups is 3. The van der Waals surface area contributed by atoms with E-state index in [9.17, 15) is 14.4 Å². The van der Waals surface area contributed by atoms with Gasteiger partial charge in [-0.2, -0.15) is 0 Å². The fourth-order valence-corrected chi connectivity index (χ4v) is 1.87. The van der Waals surface area contributed by atoms with E-state index in [1.807, 2.05) is 6.92 Å². The first-order valence-electron chi connectivity index (χ1n) is 7.77. The Morgan fingerprint density at radius 3 is 1.84 bits per heavy atom. The van der Waals surface area contributed by atoms with Crippen LogP contribution in [0.15, 0.2) is 55.6 Å². The Hall–Kier alpha value is -2.89. The van der Waals surface area contributed by atoms with Crippen LogP contribution in [0.3, 0.4) is 0 Å². The Bertz CT molecular complexity index is 596. The average molecular weight is 346 g/mol. The molecule has 25 heavy (non-hydrogen) atoms. The fourth-order valence-electron chi connectivity index (χ4n) is 1.87. The summed E-state index contributed by atoms with van der Waals surface area (Å²) >= 11 is 0. The zero-order valence-electron chi connectivity index (χ0n) is 14.2. The molecule has 0 radical (unpaired) electrons. The molecule has 0 aliphatic rings. The van der Waals surface area contributed by atoms with E-state index in [0.717, 1.165) is 12.2 Å². The summed E-state index contributed by atoms with van der Waals surface area (Å²) in [6.45, 7) is 8.24. The molecule has 0 spiro atoms. The third-order valence-corrected chi connectivity index (χ3v) is 3.64. The van der Waals surface area contributed by atoms with Crippen LogP contribution in [0.1, 0.15) is 23.7 Å². The topological polar surface area (TPSA) is 78.9 Å². The van der Waals surface area contributed by atoms with Gasteiger partial charge in [-0.25, -0.2) is 14.4 Å². The molecule has 0 aromatic heterocycles. The van der Waals surface area contributed by atoms with Crippen molar-refractivity contribution in [3.63, 3.8) is 0 Å². The molecule has 0 atom stereocenters. The normalized spacial score (nSPS) is 10.4. The van der Waals surface area contributed by atoms with Gasteiger partial charge in [0.25, 0.3) is 0 Å². The SMILES string of the molecule is C=CC(=O)OCC(CC)(COC(=O)C=C)COC(=O)c1ccccc1. The molecule has 1 aromatic carbocycles. The van der Waals surface area contributed by atoms with Gasteiger partial charge in [0.15, 0.2) is 0 Å². The largest absolute Gasteiger partial charge is 0.462 e. The van der Waals surface area contributed by atoms with Gasteiger partial charge in [0.1, 0.15) is 19.8 Å². The Kier molecular flexibility index (Phi) is 8.12. The molecule has 0 heterocycles. The molecule has 0 unspecified atom stereocenters. The van der Waals surface area contributed by atoms with Crippen molar-refractivity contribution in [2.75, 3.05) is 19.8 Å². The molecule has 6 nitrogen and oxygen atoms in total. The van der Waals surface area contributed by atoms with Gasteiger partial charge < -0.3 is 14.2 Å². The molecule has 1 aromatic rings. The van der Waals surface area contributed by atoms with Gasteiger partial charge in [0.2, 0.25) is 0 Å². The summed E-state index contributed by atoms with van der Waals surface area (Å²) < 4.78 is 15.5. The Labute approximate surface area is 147 Å². The minimum Gasteiger partial charge on any atom is -0.462 e. The Morgan fingerprint density at radius 2 is 1.40 bits per heavy atom. The minimum atomic E-state index is -0.859. The first kappa shape index (κ1) is 20.2. The van der Waals surface area contributed by atoms with Crippen LogP contribution >= 0.6 is 0 Å².